The van der Waals surface area contributed by atoms with Gasteiger partial charge in [0, 0.05) is 0 Å². The maximum Gasteiger partial charge on any atom is 0.162 e. The summed E-state index contributed by atoms with van der Waals surface area (Å²) in [5.41, 5.74) is 2.91. The number of hydrogen-bond donors (Lipinski definition) is 0. The van der Waals surface area contributed by atoms with Crippen molar-refractivity contribution in [3.05, 3.63) is 82.2 Å². The van der Waals surface area contributed by atoms with E-state index in [2.05, 4.69) is 6.08 Å². The van der Waals surface area contributed by atoms with E-state index in [1.807, 2.05) is 25.1 Å². The van der Waals surface area contributed by atoms with Gasteiger partial charge in [0.1, 0.15) is 5.82 Å². The van der Waals surface area contributed by atoms with Crippen LogP contribution in [0.4, 0.5) is 13.2 Å². The van der Waals surface area contributed by atoms with Crippen LogP contribution in [0.1, 0.15) is 47.9 Å². The SMILES string of the molecule is C/C=C/CCc1ccc(C2CCc3c(ccc(F)c3F)C2)c(F)c1. The number of fused-ring (bicyclic) bond motifs is 1. The Morgan fingerprint density at radius 2 is 1.92 bits per heavy atom. The third-order valence-corrected chi connectivity index (χ3v) is 4.84. The van der Waals surface area contributed by atoms with Gasteiger partial charge in [0.2, 0.25) is 0 Å². The molecule has 126 valence electrons. The maximum atomic E-state index is 14.5. The molecule has 1 aliphatic rings. The average Bonchev–Trinajstić information content (AvgIpc) is 2.58. The number of aryl methyl sites for hydroxylation is 1. The summed E-state index contributed by atoms with van der Waals surface area (Å²) in [5, 5.41) is 0. The molecule has 1 unspecified atom stereocenters. The van der Waals surface area contributed by atoms with Crippen LogP contribution >= 0.6 is 0 Å². The molecular weight excluding hydrogens is 309 g/mol. The molecule has 0 radical (unpaired) electrons. The average molecular weight is 330 g/mol. The fraction of sp³-hybridized carbons (Fsp3) is 0.333. The number of benzene rings is 2. The molecule has 0 saturated carbocycles. The van der Waals surface area contributed by atoms with Crippen molar-refractivity contribution in [2.45, 2.75) is 44.9 Å². The molecule has 0 spiro atoms. The van der Waals surface area contributed by atoms with E-state index in [9.17, 15) is 13.2 Å². The zero-order valence-corrected chi connectivity index (χ0v) is 13.8. The van der Waals surface area contributed by atoms with Gasteiger partial charge in [-0.15, -0.1) is 0 Å². The number of hydrogen-bond acceptors (Lipinski definition) is 0. The highest BCUT2D eigenvalue weighted by Crippen LogP contribution is 2.35. The topological polar surface area (TPSA) is 0 Å². The molecule has 0 heterocycles. The van der Waals surface area contributed by atoms with Crippen LogP contribution in [0.25, 0.3) is 0 Å². The van der Waals surface area contributed by atoms with E-state index < -0.39 is 11.6 Å². The number of halogens is 3. The summed E-state index contributed by atoms with van der Waals surface area (Å²) in [6.45, 7) is 1.97. The first kappa shape index (κ1) is 16.8. The van der Waals surface area contributed by atoms with Gasteiger partial charge in [-0.2, -0.15) is 0 Å². The lowest BCUT2D eigenvalue weighted by Gasteiger charge is -2.26. The highest BCUT2D eigenvalue weighted by atomic mass is 19.2. The molecule has 2 aromatic rings. The molecule has 24 heavy (non-hydrogen) atoms. The van der Waals surface area contributed by atoms with E-state index >= 15 is 0 Å². The molecule has 2 aromatic carbocycles. The Morgan fingerprint density at radius 1 is 1.08 bits per heavy atom. The van der Waals surface area contributed by atoms with Gasteiger partial charge < -0.3 is 0 Å². The van der Waals surface area contributed by atoms with Crippen LogP contribution in [0.5, 0.6) is 0 Å². The quantitative estimate of drug-likeness (QED) is 0.614. The largest absolute Gasteiger partial charge is 0.207 e. The van der Waals surface area contributed by atoms with Gasteiger partial charge in [-0.1, -0.05) is 30.4 Å². The van der Waals surface area contributed by atoms with Crippen LogP contribution in [0.15, 0.2) is 42.5 Å². The zero-order valence-electron chi connectivity index (χ0n) is 13.8. The van der Waals surface area contributed by atoms with E-state index in [1.54, 1.807) is 12.1 Å². The van der Waals surface area contributed by atoms with Crippen molar-refractivity contribution in [3.8, 4) is 0 Å². The first-order valence-corrected chi connectivity index (χ1v) is 8.45. The lowest BCUT2D eigenvalue weighted by molar-refractivity contribution is 0.473. The minimum Gasteiger partial charge on any atom is -0.207 e. The van der Waals surface area contributed by atoms with E-state index in [4.69, 9.17) is 0 Å². The van der Waals surface area contributed by atoms with Crippen LogP contribution < -0.4 is 0 Å². The highest BCUT2D eigenvalue weighted by molar-refractivity contribution is 5.36. The second-order valence-corrected chi connectivity index (χ2v) is 6.40. The Kier molecular flexibility index (Phi) is 5.08. The van der Waals surface area contributed by atoms with E-state index in [0.717, 1.165) is 30.0 Å². The molecule has 3 heteroatoms. The van der Waals surface area contributed by atoms with E-state index in [0.29, 0.717) is 30.4 Å². The predicted molar refractivity (Wildman–Crippen MR) is 90.7 cm³/mol. The van der Waals surface area contributed by atoms with Crippen molar-refractivity contribution in [2.75, 3.05) is 0 Å². The number of allylic oxidation sites excluding steroid dienone is 2. The molecule has 1 aliphatic carbocycles. The first-order valence-electron chi connectivity index (χ1n) is 8.45. The molecule has 0 nitrogen and oxygen atoms in total. The van der Waals surface area contributed by atoms with Gasteiger partial charge in [-0.25, -0.2) is 13.2 Å². The van der Waals surface area contributed by atoms with Crippen LogP contribution in [0.2, 0.25) is 0 Å². The summed E-state index contributed by atoms with van der Waals surface area (Å²) in [4.78, 5) is 0. The smallest absolute Gasteiger partial charge is 0.162 e. The summed E-state index contributed by atoms with van der Waals surface area (Å²) in [6, 6.07) is 8.23. The molecule has 0 saturated heterocycles. The van der Waals surface area contributed by atoms with Gasteiger partial charge in [0.25, 0.3) is 0 Å². The second-order valence-electron chi connectivity index (χ2n) is 6.40. The monoisotopic (exact) mass is 330 g/mol. The molecule has 0 aliphatic heterocycles. The Balaban J connectivity index is 1.79. The molecular formula is C21H21F3. The van der Waals surface area contributed by atoms with Crippen LogP contribution in [-0.2, 0) is 19.3 Å². The third-order valence-electron chi connectivity index (χ3n) is 4.84. The highest BCUT2D eigenvalue weighted by Gasteiger charge is 2.25. The fourth-order valence-electron chi connectivity index (χ4n) is 3.52. The summed E-state index contributed by atoms with van der Waals surface area (Å²) in [6.07, 6.45) is 7.43. The Morgan fingerprint density at radius 3 is 2.67 bits per heavy atom. The van der Waals surface area contributed by atoms with Crippen molar-refractivity contribution < 1.29 is 13.2 Å². The van der Waals surface area contributed by atoms with E-state index in [-0.39, 0.29) is 11.7 Å². The van der Waals surface area contributed by atoms with Crippen molar-refractivity contribution in [1.82, 2.24) is 0 Å². The summed E-state index contributed by atoms with van der Waals surface area (Å²) < 4.78 is 41.7. The van der Waals surface area contributed by atoms with Gasteiger partial charge in [-0.05, 0) is 79.3 Å². The second kappa shape index (κ2) is 7.25. The minimum atomic E-state index is -0.802. The standard InChI is InChI=1S/C21H21F3/c1-2-3-4-5-14-6-9-17(20(23)12-14)15-7-10-18-16(13-15)8-11-19(22)21(18)24/h2-3,6,8-9,11-12,15H,4-5,7,10,13H2,1H3/b3-2+. The van der Waals surface area contributed by atoms with Crippen molar-refractivity contribution in [1.29, 1.82) is 0 Å². The minimum absolute atomic E-state index is 0.0203. The van der Waals surface area contributed by atoms with E-state index in [1.165, 1.54) is 0 Å². The fourth-order valence-corrected chi connectivity index (χ4v) is 3.52. The van der Waals surface area contributed by atoms with Crippen molar-refractivity contribution in [3.63, 3.8) is 0 Å². The first-order chi connectivity index (χ1) is 11.6. The summed E-state index contributed by atoms with van der Waals surface area (Å²) >= 11 is 0. The lowest BCUT2D eigenvalue weighted by Crippen LogP contribution is -2.16. The molecule has 0 N–H and O–H groups in total. The number of rotatable bonds is 4. The van der Waals surface area contributed by atoms with Gasteiger partial charge in [-0.3, -0.25) is 0 Å². The molecule has 1 atom stereocenters. The van der Waals surface area contributed by atoms with Crippen molar-refractivity contribution >= 4 is 0 Å². The molecule has 0 amide bonds. The van der Waals surface area contributed by atoms with Gasteiger partial charge >= 0.3 is 0 Å². The van der Waals surface area contributed by atoms with Crippen LogP contribution in [0, 0.1) is 17.5 Å². The molecule has 3 rings (SSSR count). The predicted octanol–water partition coefficient (Wildman–Crippen LogP) is 5.89. The molecule has 0 fully saturated rings. The Bertz CT molecular complexity index is 762. The summed E-state index contributed by atoms with van der Waals surface area (Å²) in [5.74, 6) is -1.72. The van der Waals surface area contributed by atoms with Crippen LogP contribution in [-0.4, -0.2) is 0 Å². The lowest BCUT2D eigenvalue weighted by atomic mass is 9.79. The molecule has 0 bridgehead atoms. The Labute approximate surface area is 141 Å². The van der Waals surface area contributed by atoms with Crippen LogP contribution in [0.3, 0.4) is 0 Å². The molecule has 0 aromatic heterocycles. The summed E-state index contributed by atoms with van der Waals surface area (Å²) in [7, 11) is 0. The van der Waals surface area contributed by atoms with Gasteiger partial charge in [0.15, 0.2) is 11.6 Å². The van der Waals surface area contributed by atoms with Gasteiger partial charge in [0.05, 0.1) is 0 Å². The third kappa shape index (κ3) is 3.40. The maximum absolute atomic E-state index is 14.5. The zero-order chi connectivity index (χ0) is 17.1. The normalized spacial score (nSPS) is 17.2. The van der Waals surface area contributed by atoms with Crippen molar-refractivity contribution in [2.24, 2.45) is 0 Å². The Hall–Kier alpha value is -2.03.